The van der Waals surface area contributed by atoms with Gasteiger partial charge in [0.2, 0.25) is 0 Å². The largest absolute Gasteiger partial charge is 0.370 e. The Morgan fingerprint density at radius 1 is 0.833 bits per heavy atom. The highest BCUT2D eigenvalue weighted by Gasteiger charge is 2.18. The molecule has 0 amide bonds. The molecule has 2 N–H and O–H groups in total. The van der Waals surface area contributed by atoms with Crippen LogP contribution in [-0.2, 0) is 0 Å². The summed E-state index contributed by atoms with van der Waals surface area (Å²) in [6.07, 6.45) is 12.8. The lowest BCUT2D eigenvalue weighted by Gasteiger charge is -2.28. The number of pyridine rings is 1. The number of hydrogen-bond donors (Lipinski definition) is 2. The zero-order valence-corrected chi connectivity index (χ0v) is 16.5. The molecule has 0 unspecified atom stereocenters. The van der Waals surface area contributed by atoms with Gasteiger partial charge in [-0.25, -0.2) is 0 Å². The molecule has 30 heavy (non-hydrogen) atoms. The van der Waals surface area contributed by atoms with Crippen molar-refractivity contribution in [3.63, 3.8) is 0 Å². The Hall–Kier alpha value is -3.74. The Bertz CT molecular complexity index is 1330. The topological polar surface area (TPSA) is 86.4 Å². The lowest BCUT2D eigenvalue weighted by molar-refractivity contribution is 0.578. The van der Waals surface area contributed by atoms with Crippen LogP contribution in [0.25, 0.3) is 44.5 Å². The molecule has 7 heteroatoms. The highest BCUT2D eigenvalue weighted by molar-refractivity contribution is 6.00. The van der Waals surface area contributed by atoms with E-state index in [4.69, 9.17) is 0 Å². The van der Waals surface area contributed by atoms with E-state index in [1.165, 1.54) is 30.3 Å². The third-order valence-corrected chi connectivity index (χ3v) is 5.90. The minimum absolute atomic E-state index is 0.847. The molecule has 0 spiro atoms. The second-order valence-electron chi connectivity index (χ2n) is 7.77. The van der Waals surface area contributed by atoms with Crippen LogP contribution in [0.5, 0.6) is 0 Å². The first kappa shape index (κ1) is 17.1. The fraction of sp³-hybridized carbons (Fsp3) is 0.217. The number of anilines is 1. The Morgan fingerprint density at radius 2 is 1.77 bits per heavy atom. The van der Waals surface area contributed by atoms with Crippen LogP contribution >= 0.6 is 0 Å². The van der Waals surface area contributed by atoms with E-state index in [1.54, 1.807) is 18.6 Å². The first-order valence-corrected chi connectivity index (χ1v) is 10.3. The number of nitrogens with one attached hydrogen (secondary N) is 2. The number of piperidine rings is 1. The van der Waals surface area contributed by atoms with Gasteiger partial charge < -0.3 is 9.88 Å². The Balaban J connectivity index is 1.47. The molecule has 1 saturated heterocycles. The van der Waals surface area contributed by atoms with Crippen molar-refractivity contribution >= 4 is 27.5 Å². The summed E-state index contributed by atoms with van der Waals surface area (Å²) in [6, 6.07) is 8.40. The monoisotopic (exact) mass is 395 g/mol. The van der Waals surface area contributed by atoms with Crippen LogP contribution < -0.4 is 4.90 Å². The molecule has 1 fully saturated rings. The van der Waals surface area contributed by atoms with Gasteiger partial charge in [0, 0.05) is 41.8 Å². The second kappa shape index (κ2) is 6.95. The number of aromatic nitrogens is 6. The summed E-state index contributed by atoms with van der Waals surface area (Å²) in [5, 5.41) is 10.0. The number of aromatic amines is 2. The van der Waals surface area contributed by atoms with Gasteiger partial charge in [0.05, 0.1) is 46.7 Å². The van der Waals surface area contributed by atoms with Crippen LogP contribution in [-0.4, -0.2) is 43.2 Å². The Labute approximate surface area is 173 Å². The van der Waals surface area contributed by atoms with Crippen molar-refractivity contribution in [2.45, 2.75) is 19.3 Å². The van der Waals surface area contributed by atoms with Crippen LogP contribution in [0, 0.1) is 0 Å². The normalized spacial score (nSPS) is 14.6. The molecule has 7 nitrogen and oxygen atoms in total. The van der Waals surface area contributed by atoms with Gasteiger partial charge in [-0.1, -0.05) is 6.07 Å². The zero-order chi connectivity index (χ0) is 19.9. The molecule has 5 heterocycles. The van der Waals surface area contributed by atoms with Crippen molar-refractivity contribution in [1.29, 1.82) is 0 Å². The van der Waals surface area contributed by atoms with Crippen molar-refractivity contribution in [2.75, 3.05) is 18.0 Å². The van der Waals surface area contributed by atoms with Crippen molar-refractivity contribution in [2.24, 2.45) is 0 Å². The Morgan fingerprint density at radius 3 is 2.63 bits per heavy atom. The van der Waals surface area contributed by atoms with Crippen molar-refractivity contribution in [3.8, 4) is 22.6 Å². The van der Waals surface area contributed by atoms with Gasteiger partial charge in [0.15, 0.2) is 0 Å². The lowest BCUT2D eigenvalue weighted by Crippen LogP contribution is -2.29. The molecule has 0 saturated carbocycles. The molecular weight excluding hydrogens is 374 g/mol. The van der Waals surface area contributed by atoms with Crippen molar-refractivity contribution < 1.29 is 0 Å². The number of hydrogen-bond acceptors (Lipinski definition) is 5. The van der Waals surface area contributed by atoms with Gasteiger partial charge in [-0.3, -0.25) is 20.1 Å². The summed E-state index contributed by atoms with van der Waals surface area (Å²) in [5.41, 5.74) is 6.98. The van der Waals surface area contributed by atoms with Gasteiger partial charge >= 0.3 is 0 Å². The summed E-state index contributed by atoms with van der Waals surface area (Å²) < 4.78 is 0. The lowest BCUT2D eigenvalue weighted by atomic mass is 10.1. The average molecular weight is 395 g/mol. The maximum absolute atomic E-state index is 4.61. The van der Waals surface area contributed by atoms with E-state index in [0.29, 0.717) is 0 Å². The van der Waals surface area contributed by atoms with Crippen LogP contribution in [0.15, 0.2) is 55.2 Å². The smallest absolute Gasteiger partial charge is 0.116 e. The third-order valence-electron chi connectivity index (χ3n) is 5.90. The SMILES string of the molecule is c1cnc(-c2ccc3[nH]nc(-c4cc5c(N6CCCCC6)cncc5[nH]4)c3c2)cn1. The molecule has 148 valence electrons. The molecule has 0 aliphatic carbocycles. The van der Waals surface area contributed by atoms with Crippen molar-refractivity contribution in [3.05, 3.63) is 55.2 Å². The molecular formula is C23H21N7. The minimum atomic E-state index is 0.847. The number of rotatable bonds is 3. The fourth-order valence-corrected chi connectivity index (χ4v) is 4.38. The van der Waals surface area contributed by atoms with Gasteiger partial charge in [-0.2, -0.15) is 5.10 Å². The quantitative estimate of drug-likeness (QED) is 0.468. The predicted molar refractivity (Wildman–Crippen MR) is 118 cm³/mol. The summed E-state index contributed by atoms with van der Waals surface area (Å²) in [4.78, 5) is 19.1. The molecule has 1 aliphatic rings. The summed E-state index contributed by atoms with van der Waals surface area (Å²) in [7, 11) is 0. The van der Waals surface area contributed by atoms with E-state index >= 15 is 0 Å². The molecule has 0 radical (unpaired) electrons. The first-order valence-electron chi connectivity index (χ1n) is 10.3. The number of nitrogens with zero attached hydrogens (tertiary/aromatic N) is 5. The van der Waals surface area contributed by atoms with Crippen molar-refractivity contribution in [1.82, 2.24) is 30.1 Å². The van der Waals surface area contributed by atoms with Gasteiger partial charge in [0.1, 0.15) is 5.69 Å². The predicted octanol–water partition coefficient (Wildman–Crippen LogP) is 4.55. The van der Waals surface area contributed by atoms with Gasteiger partial charge in [-0.05, 0) is 37.5 Å². The Kier molecular flexibility index (Phi) is 3.97. The third kappa shape index (κ3) is 2.82. The first-order chi connectivity index (χ1) is 14.9. The maximum atomic E-state index is 4.61. The zero-order valence-electron chi connectivity index (χ0n) is 16.5. The van der Waals surface area contributed by atoms with E-state index in [1.807, 2.05) is 24.5 Å². The highest BCUT2D eigenvalue weighted by Crippen LogP contribution is 2.34. The molecule has 1 aliphatic heterocycles. The standard InChI is InChI=1S/C23H21N7/c1-2-8-30(9-3-1)22-14-25-13-21-16(22)11-19(27-21)23-17-10-15(4-5-18(17)28-29-23)20-12-24-6-7-26-20/h4-7,10-14,27H,1-3,8-9H2,(H,28,29). The number of H-pyrrole nitrogens is 2. The molecule has 0 bridgehead atoms. The minimum Gasteiger partial charge on any atom is -0.370 e. The molecule has 6 rings (SSSR count). The number of fused-ring (bicyclic) bond motifs is 2. The molecule has 0 atom stereocenters. The van der Waals surface area contributed by atoms with Crippen LogP contribution in [0.4, 0.5) is 5.69 Å². The summed E-state index contributed by atoms with van der Waals surface area (Å²) in [5.74, 6) is 0. The molecule has 4 aromatic heterocycles. The van der Waals surface area contributed by atoms with E-state index in [9.17, 15) is 0 Å². The number of benzene rings is 1. The van der Waals surface area contributed by atoms with Crippen LogP contribution in [0.3, 0.4) is 0 Å². The molecule has 1 aromatic carbocycles. The van der Waals surface area contributed by atoms with Gasteiger partial charge in [-0.15, -0.1) is 0 Å². The van der Waals surface area contributed by atoms with E-state index in [-0.39, 0.29) is 0 Å². The summed E-state index contributed by atoms with van der Waals surface area (Å²) >= 11 is 0. The fourth-order valence-electron chi connectivity index (χ4n) is 4.38. The molecule has 5 aromatic rings. The second-order valence-corrected chi connectivity index (χ2v) is 7.77. The van der Waals surface area contributed by atoms with E-state index in [2.05, 4.69) is 47.2 Å². The van der Waals surface area contributed by atoms with E-state index in [0.717, 1.165) is 52.2 Å². The summed E-state index contributed by atoms with van der Waals surface area (Å²) in [6.45, 7) is 2.18. The van der Waals surface area contributed by atoms with Crippen LogP contribution in [0.2, 0.25) is 0 Å². The highest BCUT2D eigenvalue weighted by atomic mass is 15.1. The maximum Gasteiger partial charge on any atom is 0.116 e. The van der Waals surface area contributed by atoms with E-state index < -0.39 is 0 Å². The van der Waals surface area contributed by atoms with Crippen LogP contribution in [0.1, 0.15) is 19.3 Å². The average Bonchev–Trinajstić information content (AvgIpc) is 3.43. The van der Waals surface area contributed by atoms with Gasteiger partial charge in [0.25, 0.3) is 0 Å².